The van der Waals surface area contributed by atoms with Gasteiger partial charge in [-0.1, -0.05) is 23.7 Å². The van der Waals surface area contributed by atoms with E-state index < -0.39 is 0 Å². The number of rotatable bonds is 1. The van der Waals surface area contributed by atoms with Gasteiger partial charge < -0.3 is 5.32 Å². The van der Waals surface area contributed by atoms with Crippen LogP contribution in [0.4, 0.5) is 5.69 Å². The van der Waals surface area contributed by atoms with Crippen LogP contribution in [-0.2, 0) is 6.42 Å². The van der Waals surface area contributed by atoms with Crippen molar-refractivity contribution in [1.82, 2.24) is 0 Å². The summed E-state index contributed by atoms with van der Waals surface area (Å²) in [6.45, 7) is 0. The predicted octanol–water partition coefficient (Wildman–Crippen LogP) is 5.81. The van der Waals surface area contributed by atoms with Gasteiger partial charge in [0.25, 0.3) is 0 Å². The molecule has 3 rings (SSSR count). The van der Waals surface area contributed by atoms with Gasteiger partial charge in [0, 0.05) is 13.1 Å². The molecule has 2 aromatic rings. The lowest BCUT2D eigenvalue weighted by molar-refractivity contribution is 0.666. The SMILES string of the molecule is Clc1ccc(C2CCc3cc(I)cc(Br)c3N2)cc1. The van der Waals surface area contributed by atoms with Gasteiger partial charge in [-0.2, -0.15) is 0 Å². The molecule has 4 heteroatoms. The smallest absolute Gasteiger partial charge is 0.0522 e. The number of fused-ring (bicyclic) bond motifs is 1. The standard InChI is InChI=1S/C15H12BrClIN/c16-13-8-12(18)7-10-3-6-14(19-15(10)13)9-1-4-11(17)5-2-9/h1-2,4-5,7-8,14,19H,3,6H2. The van der Waals surface area contributed by atoms with Crippen LogP contribution in [0.2, 0.25) is 5.02 Å². The molecule has 0 amide bonds. The summed E-state index contributed by atoms with van der Waals surface area (Å²) >= 11 is 12.0. The first-order valence-corrected chi connectivity index (χ1v) is 8.38. The van der Waals surface area contributed by atoms with Crippen molar-refractivity contribution in [2.24, 2.45) is 0 Å². The zero-order chi connectivity index (χ0) is 13.4. The van der Waals surface area contributed by atoms with E-state index in [1.807, 2.05) is 12.1 Å². The van der Waals surface area contributed by atoms with E-state index in [0.29, 0.717) is 6.04 Å². The quantitative estimate of drug-likeness (QED) is 0.543. The number of hydrogen-bond acceptors (Lipinski definition) is 1. The zero-order valence-corrected chi connectivity index (χ0v) is 14.6. The average Bonchev–Trinajstić information content (AvgIpc) is 2.39. The predicted molar refractivity (Wildman–Crippen MR) is 93.0 cm³/mol. The molecule has 0 aromatic heterocycles. The first-order valence-electron chi connectivity index (χ1n) is 6.13. The van der Waals surface area contributed by atoms with Gasteiger partial charge in [-0.25, -0.2) is 0 Å². The minimum atomic E-state index is 0.362. The van der Waals surface area contributed by atoms with Gasteiger partial charge in [-0.05, 0) is 86.8 Å². The van der Waals surface area contributed by atoms with Crippen LogP contribution in [0, 0.1) is 3.57 Å². The van der Waals surface area contributed by atoms with Gasteiger partial charge in [0.2, 0.25) is 0 Å². The Morgan fingerprint density at radius 3 is 2.68 bits per heavy atom. The molecule has 0 radical (unpaired) electrons. The molecular formula is C15H12BrClIN. The third-order valence-electron chi connectivity index (χ3n) is 3.43. The molecule has 19 heavy (non-hydrogen) atoms. The highest BCUT2D eigenvalue weighted by atomic mass is 127. The fourth-order valence-corrected chi connectivity index (χ4v) is 4.33. The number of hydrogen-bond donors (Lipinski definition) is 1. The van der Waals surface area contributed by atoms with Crippen molar-refractivity contribution in [2.75, 3.05) is 5.32 Å². The van der Waals surface area contributed by atoms with Crippen molar-refractivity contribution >= 4 is 55.8 Å². The highest BCUT2D eigenvalue weighted by Gasteiger charge is 2.21. The second-order valence-corrected chi connectivity index (χ2v) is 7.25. The fourth-order valence-electron chi connectivity index (χ4n) is 2.48. The van der Waals surface area contributed by atoms with Crippen LogP contribution in [0.5, 0.6) is 0 Å². The maximum atomic E-state index is 5.95. The van der Waals surface area contributed by atoms with Gasteiger partial charge >= 0.3 is 0 Å². The average molecular weight is 449 g/mol. The van der Waals surface area contributed by atoms with Crippen LogP contribution in [0.15, 0.2) is 40.9 Å². The Morgan fingerprint density at radius 1 is 1.21 bits per heavy atom. The molecule has 0 fully saturated rings. The molecular weight excluding hydrogens is 436 g/mol. The Labute approximate surface area is 140 Å². The second kappa shape index (κ2) is 5.62. The third kappa shape index (κ3) is 2.93. The van der Waals surface area contributed by atoms with Crippen molar-refractivity contribution in [3.8, 4) is 0 Å². The highest BCUT2D eigenvalue weighted by Crippen LogP contribution is 2.38. The molecule has 1 unspecified atom stereocenters. The maximum Gasteiger partial charge on any atom is 0.0522 e. The van der Waals surface area contributed by atoms with E-state index in [1.165, 1.54) is 20.4 Å². The molecule has 1 nitrogen and oxygen atoms in total. The minimum absolute atomic E-state index is 0.362. The van der Waals surface area contributed by atoms with Crippen LogP contribution in [0.3, 0.4) is 0 Å². The summed E-state index contributed by atoms with van der Waals surface area (Å²) in [5.74, 6) is 0. The Balaban J connectivity index is 1.92. The lowest BCUT2D eigenvalue weighted by Gasteiger charge is -2.28. The fraction of sp³-hybridized carbons (Fsp3) is 0.200. The summed E-state index contributed by atoms with van der Waals surface area (Å²) < 4.78 is 2.42. The van der Waals surface area contributed by atoms with E-state index in [2.05, 4.69) is 68.1 Å². The highest BCUT2D eigenvalue weighted by molar-refractivity contribution is 14.1. The molecule has 1 aliphatic heterocycles. The van der Waals surface area contributed by atoms with Crippen LogP contribution < -0.4 is 5.32 Å². The van der Waals surface area contributed by atoms with E-state index in [-0.39, 0.29) is 0 Å². The van der Waals surface area contributed by atoms with Gasteiger partial charge in [0.05, 0.1) is 11.7 Å². The number of benzene rings is 2. The summed E-state index contributed by atoms with van der Waals surface area (Å²) in [5.41, 5.74) is 3.91. The molecule has 0 bridgehead atoms. The molecule has 1 N–H and O–H groups in total. The Morgan fingerprint density at radius 2 is 1.95 bits per heavy atom. The minimum Gasteiger partial charge on any atom is -0.377 e. The summed E-state index contributed by atoms with van der Waals surface area (Å²) in [4.78, 5) is 0. The number of halogens is 3. The van der Waals surface area contributed by atoms with Crippen molar-refractivity contribution in [3.63, 3.8) is 0 Å². The topological polar surface area (TPSA) is 12.0 Å². The van der Waals surface area contributed by atoms with Crippen molar-refractivity contribution < 1.29 is 0 Å². The summed E-state index contributed by atoms with van der Waals surface area (Å²) in [6.07, 6.45) is 2.21. The number of nitrogens with one attached hydrogen (secondary N) is 1. The van der Waals surface area contributed by atoms with Crippen molar-refractivity contribution in [1.29, 1.82) is 0 Å². The summed E-state index contributed by atoms with van der Waals surface area (Å²) in [5, 5.41) is 4.42. The largest absolute Gasteiger partial charge is 0.377 e. The van der Waals surface area contributed by atoms with E-state index in [0.717, 1.165) is 22.3 Å². The van der Waals surface area contributed by atoms with Crippen molar-refractivity contribution in [3.05, 3.63) is 60.6 Å². The first-order chi connectivity index (χ1) is 9.13. The van der Waals surface area contributed by atoms with Crippen LogP contribution >= 0.6 is 50.1 Å². The Bertz CT molecular complexity index is 612. The molecule has 0 aliphatic carbocycles. The molecule has 0 saturated heterocycles. The van der Waals surface area contributed by atoms with Gasteiger partial charge in [0.15, 0.2) is 0 Å². The van der Waals surface area contributed by atoms with Crippen molar-refractivity contribution in [2.45, 2.75) is 18.9 Å². The zero-order valence-electron chi connectivity index (χ0n) is 10.1. The van der Waals surface area contributed by atoms with Gasteiger partial charge in [-0.15, -0.1) is 0 Å². The molecule has 1 aliphatic rings. The monoisotopic (exact) mass is 447 g/mol. The normalized spacial score (nSPS) is 17.7. The lowest BCUT2D eigenvalue weighted by Crippen LogP contribution is -2.18. The van der Waals surface area contributed by atoms with Crippen LogP contribution in [-0.4, -0.2) is 0 Å². The third-order valence-corrected chi connectivity index (χ3v) is 4.93. The maximum absolute atomic E-state index is 5.95. The van der Waals surface area contributed by atoms with Gasteiger partial charge in [-0.3, -0.25) is 0 Å². The van der Waals surface area contributed by atoms with Crippen LogP contribution in [0.1, 0.15) is 23.6 Å². The second-order valence-electron chi connectivity index (χ2n) is 4.71. The molecule has 1 atom stereocenters. The number of aryl methyl sites for hydroxylation is 1. The van der Waals surface area contributed by atoms with Crippen LogP contribution in [0.25, 0.3) is 0 Å². The Kier molecular flexibility index (Phi) is 4.06. The lowest BCUT2D eigenvalue weighted by atomic mass is 9.93. The summed E-state index contributed by atoms with van der Waals surface area (Å²) in [7, 11) is 0. The number of anilines is 1. The first kappa shape index (κ1) is 13.7. The molecule has 98 valence electrons. The van der Waals surface area contributed by atoms with E-state index in [1.54, 1.807) is 0 Å². The molecule has 1 heterocycles. The van der Waals surface area contributed by atoms with E-state index >= 15 is 0 Å². The van der Waals surface area contributed by atoms with Gasteiger partial charge in [0.1, 0.15) is 0 Å². The molecule has 0 saturated carbocycles. The molecule has 2 aromatic carbocycles. The van der Waals surface area contributed by atoms with E-state index in [9.17, 15) is 0 Å². The van der Waals surface area contributed by atoms with E-state index in [4.69, 9.17) is 11.6 Å². The Hall–Kier alpha value is -0.260. The summed E-state index contributed by atoms with van der Waals surface area (Å²) in [6, 6.07) is 12.9. The molecule has 0 spiro atoms.